The van der Waals surface area contributed by atoms with Crippen molar-refractivity contribution in [3.8, 4) is 5.75 Å². The number of hydrogen-bond donors (Lipinski definition) is 1. The fourth-order valence-electron chi connectivity index (χ4n) is 2.82. The van der Waals surface area contributed by atoms with Gasteiger partial charge in [0.05, 0.1) is 11.1 Å². The van der Waals surface area contributed by atoms with Crippen LogP contribution < -0.4 is 4.74 Å². The Morgan fingerprint density at radius 2 is 1.69 bits per heavy atom. The highest BCUT2D eigenvalue weighted by Crippen LogP contribution is 2.25. The summed E-state index contributed by atoms with van der Waals surface area (Å²) in [7, 11) is 0. The second-order valence-corrected chi connectivity index (χ2v) is 7.19. The number of aromatic nitrogens is 1. The SMILES string of the molecule is CC(C)(C)c1ccc(OCC(=O)n2cc(C(=O)O)c3ccccc32)cc1. The lowest BCUT2D eigenvalue weighted by atomic mass is 9.87. The van der Waals surface area contributed by atoms with E-state index < -0.39 is 5.97 Å². The summed E-state index contributed by atoms with van der Waals surface area (Å²) in [5.41, 5.74) is 1.88. The first-order valence-electron chi connectivity index (χ1n) is 8.37. The molecule has 3 aromatic rings. The van der Waals surface area contributed by atoms with Gasteiger partial charge in [-0.05, 0) is 29.2 Å². The lowest BCUT2D eigenvalue weighted by Gasteiger charge is -2.19. The number of ether oxygens (including phenoxy) is 1. The Balaban J connectivity index is 1.79. The van der Waals surface area contributed by atoms with Crippen LogP contribution in [0, 0.1) is 0 Å². The van der Waals surface area contributed by atoms with E-state index in [0.29, 0.717) is 16.7 Å². The van der Waals surface area contributed by atoms with Gasteiger partial charge in [0.25, 0.3) is 5.91 Å². The molecule has 0 fully saturated rings. The quantitative estimate of drug-likeness (QED) is 0.758. The first-order valence-corrected chi connectivity index (χ1v) is 8.37. The van der Waals surface area contributed by atoms with E-state index in [1.54, 1.807) is 24.3 Å². The third-order valence-electron chi connectivity index (χ3n) is 4.29. The van der Waals surface area contributed by atoms with Gasteiger partial charge in [0.1, 0.15) is 5.75 Å². The predicted molar refractivity (Wildman–Crippen MR) is 100 cm³/mol. The zero-order chi connectivity index (χ0) is 18.9. The molecule has 0 aliphatic carbocycles. The Morgan fingerprint density at radius 3 is 2.31 bits per heavy atom. The van der Waals surface area contributed by atoms with Gasteiger partial charge in [0.2, 0.25) is 0 Å². The highest BCUT2D eigenvalue weighted by molar-refractivity contribution is 6.06. The average Bonchev–Trinajstić information content (AvgIpc) is 2.99. The largest absolute Gasteiger partial charge is 0.484 e. The number of nitrogens with zero attached hydrogens (tertiary/aromatic N) is 1. The lowest BCUT2D eigenvalue weighted by molar-refractivity contribution is 0.0699. The van der Waals surface area contributed by atoms with E-state index in [0.717, 1.165) is 0 Å². The van der Waals surface area contributed by atoms with E-state index in [9.17, 15) is 14.7 Å². The molecule has 0 bridgehead atoms. The molecule has 2 aromatic carbocycles. The minimum Gasteiger partial charge on any atom is -0.484 e. The summed E-state index contributed by atoms with van der Waals surface area (Å²) in [5, 5.41) is 9.85. The zero-order valence-electron chi connectivity index (χ0n) is 15.0. The van der Waals surface area contributed by atoms with Crippen LogP contribution >= 0.6 is 0 Å². The standard InChI is InChI=1S/C21H21NO4/c1-21(2,3)14-8-10-15(11-9-14)26-13-19(23)22-12-17(20(24)25)16-6-4-5-7-18(16)22/h4-12H,13H2,1-3H3,(H,24,25). The van der Waals surface area contributed by atoms with Crippen LogP contribution in [0.1, 0.15) is 41.5 Å². The number of fused-ring (bicyclic) bond motifs is 1. The summed E-state index contributed by atoms with van der Waals surface area (Å²) in [6.07, 6.45) is 1.35. The Hall–Kier alpha value is -3.08. The van der Waals surface area contributed by atoms with Gasteiger partial charge in [-0.15, -0.1) is 0 Å². The van der Waals surface area contributed by atoms with Crippen LogP contribution in [0.4, 0.5) is 0 Å². The maximum atomic E-state index is 12.5. The van der Waals surface area contributed by atoms with Crippen molar-refractivity contribution in [3.05, 3.63) is 65.9 Å². The highest BCUT2D eigenvalue weighted by atomic mass is 16.5. The second-order valence-electron chi connectivity index (χ2n) is 7.19. The zero-order valence-corrected chi connectivity index (χ0v) is 15.0. The van der Waals surface area contributed by atoms with E-state index >= 15 is 0 Å². The number of benzene rings is 2. The normalized spacial score (nSPS) is 11.5. The van der Waals surface area contributed by atoms with Crippen LogP contribution in [0.5, 0.6) is 5.75 Å². The number of carboxylic acids is 1. The number of rotatable bonds is 4. The summed E-state index contributed by atoms with van der Waals surface area (Å²) in [4.78, 5) is 23.9. The number of carbonyl (C=O) groups excluding carboxylic acids is 1. The maximum absolute atomic E-state index is 12.5. The van der Waals surface area contributed by atoms with E-state index in [-0.39, 0.29) is 23.5 Å². The number of carbonyl (C=O) groups is 2. The van der Waals surface area contributed by atoms with Crippen molar-refractivity contribution < 1.29 is 19.4 Å². The summed E-state index contributed by atoms with van der Waals surface area (Å²) < 4.78 is 6.93. The lowest BCUT2D eigenvalue weighted by Crippen LogP contribution is -2.18. The van der Waals surface area contributed by atoms with Gasteiger partial charge in [-0.1, -0.05) is 51.1 Å². The molecule has 0 unspecified atom stereocenters. The summed E-state index contributed by atoms with van der Waals surface area (Å²) in [6, 6.07) is 14.6. The van der Waals surface area contributed by atoms with E-state index in [1.165, 1.54) is 16.3 Å². The molecule has 5 nitrogen and oxygen atoms in total. The molecule has 0 spiro atoms. The molecule has 0 saturated heterocycles. The van der Waals surface area contributed by atoms with Crippen molar-refractivity contribution in [2.75, 3.05) is 6.61 Å². The minimum absolute atomic E-state index is 0.0473. The average molecular weight is 351 g/mol. The molecule has 1 aromatic heterocycles. The molecular weight excluding hydrogens is 330 g/mol. The predicted octanol–water partition coefficient (Wildman–Crippen LogP) is 4.36. The van der Waals surface area contributed by atoms with Gasteiger partial charge >= 0.3 is 5.97 Å². The number of aromatic carboxylic acids is 1. The van der Waals surface area contributed by atoms with Gasteiger partial charge in [-0.3, -0.25) is 9.36 Å². The highest BCUT2D eigenvalue weighted by Gasteiger charge is 2.18. The first kappa shape index (κ1) is 17.7. The third kappa shape index (κ3) is 3.47. The maximum Gasteiger partial charge on any atom is 0.337 e. The molecule has 1 heterocycles. The molecule has 1 N–H and O–H groups in total. The molecule has 0 saturated carbocycles. The van der Waals surface area contributed by atoms with Crippen LogP contribution in [0.2, 0.25) is 0 Å². The van der Waals surface area contributed by atoms with Crippen LogP contribution in [-0.4, -0.2) is 28.2 Å². The number of hydrogen-bond acceptors (Lipinski definition) is 3. The van der Waals surface area contributed by atoms with E-state index in [2.05, 4.69) is 20.8 Å². The summed E-state index contributed by atoms with van der Waals surface area (Å²) >= 11 is 0. The monoisotopic (exact) mass is 351 g/mol. The van der Waals surface area contributed by atoms with Crippen LogP contribution in [-0.2, 0) is 5.41 Å². The van der Waals surface area contributed by atoms with Crippen LogP contribution in [0.3, 0.4) is 0 Å². The molecule has 0 atom stereocenters. The van der Waals surface area contributed by atoms with Crippen molar-refractivity contribution in [2.24, 2.45) is 0 Å². The molecular formula is C21H21NO4. The molecule has 0 amide bonds. The molecule has 0 radical (unpaired) electrons. The van der Waals surface area contributed by atoms with Crippen molar-refractivity contribution in [1.29, 1.82) is 0 Å². The van der Waals surface area contributed by atoms with E-state index in [1.807, 2.05) is 24.3 Å². The Labute approximate surface area is 151 Å². The second kappa shape index (κ2) is 6.67. The van der Waals surface area contributed by atoms with Gasteiger partial charge < -0.3 is 9.84 Å². The molecule has 134 valence electrons. The topological polar surface area (TPSA) is 68.5 Å². The summed E-state index contributed by atoms with van der Waals surface area (Å²) in [6.45, 7) is 6.21. The van der Waals surface area contributed by atoms with Crippen molar-refractivity contribution in [1.82, 2.24) is 4.57 Å². The number of para-hydroxylation sites is 1. The molecule has 5 heteroatoms. The summed E-state index contributed by atoms with van der Waals surface area (Å²) in [5.74, 6) is -0.790. The Bertz CT molecular complexity index is 962. The van der Waals surface area contributed by atoms with Gasteiger partial charge in [-0.2, -0.15) is 0 Å². The van der Waals surface area contributed by atoms with Gasteiger partial charge in [0, 0.05) is 11.6 Å². The minimum atomic E-state index is -1.06. The number of carboxylic acid groups (broad SMARTS) is 1. The van der Waals surface area contributed by atoms with Crippen molar-refractivity contribution in [3.63, 3.8) is 0 Å². The van der Waals surface area contributed by atoms with Crippen molar-refractivity contribution >= 4 is 22.8 Å². The molecule has 3 rings (SSSR count). The molecule has 0 aliphatic heterocycles. The molecule has 0 aliphatic rings. The molecule has 26 heavy (non-hydrogen) atoms. The smallest absolute Gasteiger partial charge is 0.337 e. The van der Waals surface area contributed by atoms with Crippen LogP contribution in [0.15, 0.2) is 54.7 Å². The van der Waals surface area contributed by atoms with Crippen LogP contribution in [0.25, 0.3) is 10.9 Å². The fourth-order valence-corrected chi connectivity index (χ4v) is 2.82. The Morgan fingerprint density at radius 1 is 1.04 bits per heavy atom. The third-order valence-corrected chi connectivity index (χ3v) is 4.29. The van der Waals surface area contributed by atoms with Gasteiger partial charge in [0.15, 0.2) is 6.61 Å². The fraction of sp³-hybridized carbons (Fsp3) is 0.238. The Kier molecular flexibility index (Phi) is 4.55. The van der Waals surface area contributed by atoms with Gasteiger partial charge in [-0.25, -0.2) is 4.79 Å². The van der Waals surface area contributed by atoms with Crippen molar-refractivity contribution in [2.45, 2.75) is 26.2 Å². The van der Waals surface area contributed by atoms with E-state index in [4.69, 9.17) is 4.74 Å². The first-order chi connectivity index (χ1) is 12.3.